The highest BCUT2D eigenvalue weighted by Gasteiger charge is 2.11. The highest BCUT2D eigenvalue weighted by molar-refractivity contribution is 5.93. The van der Waals surface area contributed by atoms with Crippen LogP contribution in [0.2, 0.25) is 0 Å². The fraction of sp³-hybridized carbons (Fsp3) is 0.238. The van der Waals surface area contributed by atoms with E-state index in [0.717, 1.165) is 12.0 Å². The SMILES string of the molecule is CCC(C)c1ccccc1OCC(=O)NNC(=O)/C=C/c1cccc([N+](=O)[O-])c1. The van der Waals surface area contributed by atoms with Gasteiger partial charge in [-0.05, 0) is 35.6 Å². The van der Waals surface area contributed by atoms with Gasteiger partial charge >= 0.3 is 0 Å². The molecule has 0 aromatic heterocycles. The van der Waals surface area contributed by atoms with Crippen LogP contribution in [-0.2, 0) is 9.59 Å². The maximum Gasteiger partial charge on any atom is 0.276 e. The van der Waals surface area contributed by atoms with Crippen molar-refractivity contribution in [3.05, 3.63) is 75.8 Å². The molecule has 0 heterocycles. The molecule has 0 saturated heterocycles. The van der Waals surface area contributed by atoms with Gasteiger partial charge in [-0.2, -0.15) is 0 Å². The molecule has 1 unspecified atom stereocenters. The summed E-state index contributed by atoms with van der Waals surface area (Å²) < 4.78 is 5.57. The molecule has 0 saturated carbocycles. The van der Waals surface area contributed by atoms with E-state index in [2.05, 4.69) is 24.7 Å². The minimum atomic E-state index is -0.579. The zero-order chi connectivity index (χ0) is 21.2. The van der Waals surface area contributed by atoms with Crippen LogP contribution in [0.5, 0.6) is 5.75 Å². The van der Waals surface area contributed by atoms with E-state index in [0.29, 0.717) is 17.2 Å². The molecule has 29 heavy (non-hydrogen) atoms. The summed E-state index contributed by atoms with van der Waals surface area (Å²) in [7, 11) is 0. The van der Waals surface area contributed by atoms with Crippen LogP contribution in [0.25, 0.3) is 6.08 Å². The fourth-order valence-corrected chi connectivity index (χ4v) is 2.51. The van der Waals surface area contributed by atoms with Crippen LogP contribution in [0.3, 0.4) is 0 Å². The number of nitro benzene ring substituents is 1. The summed E-state index contributed by atoms with van der Waals surface area (Å²) in [6.45, 7) is 3.91. The summed E-state index contributed by atoms with van der Waals surface area (Å²) in [6.07, 6.45) is 3.52. The third-order valence-electron chi connectivity index (χ3n) is 4.25. The first-order chi connectivity index (χ1) is 13.9. The largest absolute Gasteiger partial charge is 0.483 e. The highest BCUT2D eigenvalue weighted by Crippen LogP contribution is 2.28. The minimum Gasteiger partial charge on any atom is -0.483 e. The van der Waals surface area contributed by atoms with Gasteiger partial charge in [-0.3, -0.25) is 30.6 Å². The summed E-state index contributed by atoms with van der Waals surface area (Å²) in [6, 6.07) is 13.4. The lowest BCUT2D eigenvalue weighted by atomic mass is 9.98. The van der Waals surface area contributed by atoms with E-state index in [4.69, 9.17) is 4.74 Å². The zero-order valence-electron chi connectivity index (χ0n) is 16.3. The first-order valence-corrected chi connectivity index (χ1v) is 9.13. The van der Waals surface area contributed by atoms with Crippen LogP contribution in [0.1, 0.15) is 37.3 Å². The molecule has 0 fully saturated rings. The molecule has 0 radical (unpaired) electrons. The van der Waals surface area contributed by atoms with Crippen molar-refractivity contribution in [2.24, 2.45) is 0 Å². The Balaban J connectivity index is 1.83. The molecule has 0 aliphatic heterocycles. The first kappa shape index (κ1) is 21.6. The van der Waals surface area contributed by atoms with Gasteiger partial charge in [0.05, 0.1) is 4.92 Å². The molecule has 0 bridgehead atoms. The van der Waals surface area contributed by atoms with Crippen molar-refractivity contribution in [3.63, 3.8) is 0 Å². The number of hydrazine groups is 1. The van der Waals surface area contributed by atoms with Gasteiger partial charge in [0.1, 0.15) is 5.75 Å². The smallest absolute Gasteiger partial charge is 0.276 e. The number of amides is 2. The van der Waals surface area contributed by atoms with Crippen LogP contribution in [0.4, 0.5) is 5.69 Å². The highest BCUT2D eigenvalue weighted by atomic mass is 16.6. The number of nitrogens with one attached hydrogen (secondary N) is 2. The van der Waals surface area contributed by atoms with Crippen molar-refractivity contribution in [1.82, 2.24) is 10.9 Å². The quantitative estimate of drug-likeness (QED) is 0.403. The van der Waals surface area contributed by atoms with E-state index in [1.165, 1.54) is 30.4 Å². The molecular weight excluding hydrogens is 374 g/mol. The third kappa shape index (κ3) is 6.76. The van der Waals surface area contributed by atoms with Gasteiger partial charge in [0.15, 0.2) is 6.61 Å². The topological polar surface area (TPSA) is 111 Å². The maximum atomic E-state index is 11.9. The molecular formula is C21H23N3O5. The molecule has 2 rings (SSSR count). The first-order valence-electron chi connectivity index (χ1n) is 9.13. The minimum absolute atomic E-state index is 0.0734. The van der Waals surface area contributed by atoms with Crippen LogP contribution in [-0.4, -0.2) is 23.3 Å². The zero-order valence-corrected chi connectivity index (χ0v) is 16.3. The molecule has 2 N–H and O–H groups in total. The number of para-hydroxylation sites is 1. The molecule has 152 valence electrons. The molecule has 2 aromatic rings. The van der Waals surface area contributed by atoms with Crippen molar-refractivity contribution in [2.75, 3.05) is 6.61 Å². The van der Waals surface area contributed by atoms with Crippen molar-refractivity contribution in [3.8, 4) is 5.75 Å². The Hall–Kier alpha value is -3.68. The van der Waals surface area contributed by atoms with Crippen molar-refractivity contribution in [2.45, 2.75) is 26.2 Å². The van der Waals surface area contributed by atoms with E-state index in [1.807, 2.05) is 18.2 Å². The average molecular weight is 397 g/mol. The fourth-order valence-electron chi connectivity index (χ4n) is 2.51. The van der Waals surface area contributed by atoms with Crippen molar-refractivity contribution in [1.29, 1.82) is 0 Å². The summed E-state index contributed by atoms with van der Waals surface area (Å²) >= 11 is 0. The Morgan fingerprint density at radius 1 is 1.17 bits per heavy atom. The van der Waals surface area contributed by atoms with Gasteiger partial charge in [-0.15, -0.1) is 0 Å². The molecule has 2 aromatic carbocycles. The average Bonchev–Trinajstić information content (AvgIpc) is 2.74. The van der Waals surface area contributed by atoms with Gasteiger partial charge < -0.3 is 4.74 Å². The maximum absolute atomic E-state index is 11.9. The number of ether oxygens (including phenoxy) is 1. The Kier molecular flexibility index (Phi) is 7.90. The number of carbonyl (C=O) groups excluding carboxylic acids is 2. The van der Waals surface area contributed by atoms with E-state index in [9.17, 15) is 19.7 Å². The third-order valence-corrected chi connectivity index (χ3v) is 4.25. The van der Waals surface area contributed by atoms with Crippen LogP contribution < -0.4 is 15.6 Å². The number of non-ortho nitro benzene ring substituents is 1. The van der Waals surface area contributed by atoms with Crippen LogP contribution in [0.15, 0.2) is 54.6 Å². The molecule has 0 spiro atoms. The number of hydrogen-bond donors (Lipinski definition) is 2. The number of rotatable bonds is 8. The molecule has 2 amide bonds. The van der Waals surface area contributed by atoms with Crippen LogP contribution >= 0.6 is 0 Å². The second-order valence-electron chi connectivity index (χ2n) is 6.36. The lowest BCUT2D eigenvalue weighted by Crippen LogP contribution is -2.43. The number of hydrogen-bond acceptors (Lipinski definition) is 5. The number of nitrogens with zero attached hydrogens (tertiary/aromatic N) is 1. The second-order valence-corrected chi connectivity index (χ2v) is 6.36. The van der Waals surface area contributed by atoms with E-state index >= 15 is 0 Å². The van der Waals surface area contributed by atoms with Gasteiger partial charge in [0, 0.05) is 18.2 Å². The lowest BCUT2D eigenvalue weighted by molar-refractivity contribution is -0.384. The van der Waals surface area contributed by atoms with Gasteiger partial charge in [0.2, 0.25) is 0 Å². The van der Waals surface area contributed by atoms with E-state index in [-0.39, 0.29) is 12.3 Å². The van der Waals surface area contributed by atoms with E-state index < -0.39 is 16.7 Å². The molecule has 1 atom stereocenters. The van der Waals surface area contributed by atoms with Gasteiger partial charge in [-0.25, -0.2) is 0 Å². The Morgan fingerprint density at radius 2 is 1.93 bits per heavy atom. The summed E-state index contributed by atoms with van der Waals surface area (Å²) in [5, 5.41) is 10.8. The van der Waals surface area contributed by atoms with E-state index in [1.54, 1.807) is 12.1 Å². The predicted molar refractivity (Wildman–Crippen MR) is 109 cm³/mol. The van der Waals surface area contributed by atoms with Crippen LogP contribution in [0, 0.1) is 10.1 Å². The van der Waals surface area contributed by atoms with Crippen molar-refractivity contribution >= 4 is 23.6 Å². The molecule has 8 nitrogen and oxygen atoms in total. The van der Waals surface area contributed by atoms with Gasteiger partial charge in [0.25, 0.3) is 17.5 Å². The number of nitro groups is 1. The summed E-state index contributed by atoms with van der Waals surface area (Å²) in [4.78, 5) is 34.0. The number of benzene rings is 2. The molecule has 8 heteroatoms. The monoisotopic (exact) mass is 397 g/mol. The molecule has 0 aliphatic rings. The Bertz CT molecular complexity index is 911. The van der Waals surface area contributed by atoms with Crippen molar-refractivity contribution < 1.29 is 19.2 Å². The predicted octanol–water partition coefficient (Wildman–Crippen LogP) is 3.35. The molecule has 0 aliphatic carbocycles. The Labute approximate surface area is 168 Å². The normalized spacial score (nSPS) is 11.7. The number of carbonyl (C=O) groups is 2. The summed E-state index contributed by atoms with van der Waals surface area (Å²) in [5.74, 6) is -0.160. The standard InChI is InChI=1S/C21H23N3O5/c1-3-15(2)18-9-4-5-10-19(18)29-14-21(26)23-22-20(25)12-11-16-7-6-8-17(13-16)24(27)28/h4-13,15H,3,14H2,1-2H3,(H,22,25)(H,23,26)/b12-11+. The second kappa shape index (κ2) is 10.6. The Morgan fingerprint density at radius 3 is 2.66 bits per heavy atom. The lowest BCUT2D eigenvalue weighted by Gasteiger charge is -2.15. The van der Waals surface area contributed by atoms with Gasteiger partial charge in [-0.1, -0.05) is 44.2 Å². The summed E-state index contributed by atoms with van der Waals surface area (Å²) in [5.41, 5.74) is 5.93.